The van der Waals surface area contributed by atoms with Gasteiger partial charge in [0.25, 0.3) is 5.91 Å². The molecule has 0 bridgehead atoms. The monoisotopic (exact) mass is 806 g/mol. The maximum Gasteiger partial charge on any atom is 0.309 e. The minimum atomic E-state index is -0.360. The maximum absolute atomic E-state index is 14.5. The molecule has 1 amide bonds. The Kier molecular flexibility index (Phi) is 12.4. The lowest BCUT2D eigenvalue weighted by molar-refractivity contribution is -0.148. The van der Waals surface area contributed by atoms with E-state index < -0.39 is 0 Å². The molecule has 0 saturated carbocycles. The highest BCUT2D eigenvalue weighted by Gasteiger charge is 2.37. The molecule has 3 atom stereocenters. The highest BCUT2D eigenvalue weighted by atomic mass is 16.5. The first-order valence-corrected chi connectivity index (χ1v) is 21.1. The molecule has 8 heteroatoms. The van der Waals surface area contributed by atoms with Crippen molar-refractivity contribution in [3.63, 3.8) is 0 Å². The van der Waals surface area contributed by atoms with E-state index in [2.05, 4.69) is 46.0 Å². The van der Waals surface area contributed by atoms with Crippen molar-refractivity contribution in [2.24, 2.45) is 16.6 Å². The van der Waals surface area contributed by atoms with Gasteiger partial charge >= 0.3 is 5.97 Å². The molecule has 8 nitrogen and oxygen atoms in total. The number of nitrogens with two attached hydrogens (primary N) is 1. The van der Waals surface area contributed by atoms with Gasteiger partial charge in [0.15, 0.2) is 5.78 Å². The van der Waals surface area contributed by atoms with Crippen LogP contribution in [0.25, 0.3) is 22.3 Å². The quantitative estimate of drug-likeness (QED) is 0.0987. The third-order valence-corrected chi connectivity index (χ3v) is 12.1. The zero-order valence-electron chi connectivity index (χ0n) is 34.6. The van der Waals surface area contributed by atoms with Gasteiger partial charge in [-0.15, -0.1) is 0 Å². The second-order valence-corrected chi connectivity index (χ2v) is 15.6. The van der Waals surface area contributed by atoms with E-state index in [0.29, 0.717) is 36.4 Å². The summed E-state index contributed by atoms with van der Waals surface area (Å²) in [6.07, 6.45) is 8.87. The number of benzene rings is 6. The predicted molar refractivity (Wildman–Crippen MR) is 246 cm³/mol. The van der Waals surface area contributed by atoms with Crippen LogP contribution in [0.5, 0.6) is 0 Å². The van der Waals surface area contributed by atoms with E-state index in [1.165, 1.54) is 16.7 Å². The number of fused-ring (bicyclic) bond motifs is 6. The molecule has 3 unspecified atom stereocenters. The van der Waals surface area contributed by atoms with Gasteiger partial charge in [-0.3, -0.25) is 19.4 Å². The number of carbonyl (C=O) groups excluding carboxylic acids is 3. The summed E-state index contributed by atoms with van der Waals surface area (Å²) in [5.41, 5.74) is 19.4. The highest BCUT2D eigenvalue weighted by molar-refractivity contribution is 6.09. The largest absolute Gasteiger partial charge is 0.466 e. The number of para-hydroxylation sites is 2. The predicted octanol–water partition coefficient (Wildman–Crippen LogP) is 11.2. The third kappa shape index (κ3) is 8.58. The number of carbonyl (C=O) groups is 3. The number of ketones is 1. The summed E-state index contributed by atoms with van der Waals surface area (Å²) in [6.45, 7) is 4.54. The number of nitrogens with one attached hydrogen (secondary N) is 2. The Labute approximate surface area is 357 Å². The van der Waals surface area contributed by atoms with E-state index in [-0.39, 0.29) is 35.4 Å². The van der Waals surface area contributed by atoms with E-state index in [1.807, 2.05) is 117 Å². The Morgan fingerprint density at radius 1 is 0.820 bits per heavy atom. The van der Waals surface area contributed by atoms with E-state index in [1.54, 1.807) is 18.3 Å². The normalized spacial score (nSPS) is 16.1. The number of hydrogen-bond acceptors (Lipinski definition) is 7. The second kappa shape index (κ2) is 18.6. The van der Waals surface area contributed by atoms with Crippen molar-refractivity contribution in [3.8, 4) is 22.3 Å². The molecule has 6 aromatic rings. The number of amides is 1. The summed E-state index contributed by atoms with van der Waals surface area (Å²) >= 11 is 0. The first kappa shape index (κ1) is 40.9. The first-order chi connectivity index (χ1) is 29.9. The number of hydrogen-bond donors (Lipinski definition) is 3. The summed E-state index contributed by atoms with van der Waals surface area (Å²) in [5.74, 6) is -0.924. The Morgan fingerprint density at radius 3 is 2.34 bits per heavy atom. The van der Waals surface area contributed by atoms with Crippen LogP contribution in [0.4, 0.5) is 17.1 Å². The molecule has 1 aliphatic heterocycles. The van der Waals surface area contributed by atoms with Gasteiger partial charge in [-0.25, -0.2) is 0 Å². The van der Waals surface area contributed by atoms with Crippen LogP contribution in [0.3, 0.4) is 0 Å². The average Bonchev–Trinajstić information content (AvgIpc) is 3.57. The molecule has 0 aromatic heterocycles. The average molecular weight is 807 g/mol. The fraction of sp³-hybridized carbons (Fsp3) is 0.208. The molecule has 61 heavy (non-hydrogen) atoms. The molecule has 4 N–H and O–H groups in total. The molecular formula is C53H50N4O4. The number of anilines is 2. The number of ether oxygens (including phenoxy) is 1. The Balaban J connectivity index is 0.000000403. The molecule has 306 valence electrons. The molecule has 0 fully saturated rings. The number of esters is 1. The molecule has 3 aliphatic rings. The molecule has 9 rings (SSSR count). The van der Waals surface area contributed by atoms with Gasteiger partial charge in [-0.05, 0) is 137 Å². The van der Waals surface area contributed by atoms with Crippen LogP contribution >= 0.6 is 0 Å². The van der Waals surface area contributed by atoms with Crippen molar-refractivity contribution in [1.82, 2.24) is 0 Å². The number of aliphatic imine (C=N–C) groups is 1. The van der Waals surface area contributed by atoms with Crippen LogP contribution < -0.4 is 16.4 Å². The van der Waals surface area contributed by atoms with Crippen molar-refractivity contribution >= 4 is 40.9 Å². The Morgan fingerprint density at radius 2 is 1.54 bits per heavy atom. The van der Waals surface area contributed by atoms with E-state index in [0.717, 1.165) is 64.0 Å². The van der Waals surface area contributed by atoms with Crippen molar-refractivity contribution in [2.75, 3.05) is 17.2 Å². The minimum absolute atomic E-state index is 0.0489. The summed E-state index contributed by atoms with van der Waals surface area (Å²) in [6, 6.07) is 43.2. The zero-order valence-corrected chi connectivity index (χ0v) is 34.6. The van der Waals surface area contributed by atoms with Crippen LogP contribution in [0, 0.1) is 5.92 Å². The van der Waals surface area contributed by atoms with Crippen LogP contribution in [-0.2, 0) is 28.9 Å². The molecule has 2 aliphatic carbocycles. The minimum Gasteiger partial charge on any atom is -0.466 e. The molecular weight excluding hydrogens is 757 g/mol. The SMILES string of the molecule is C1=CNc2ccccc2N=C1.CCOC(=O)C(C)C1CCCc2c1ccc1c2C(C(=O)c2ccc(NC(=O)c3ccccc3-c3ccccc3CN)cc2)Cc2ccccc2-1. The molecule has 6 aromatic carbocycles. The van der Waals surface area contributed by atoms with E-state index in [4.69, 9.17) is 10.5 Å². The lowest BCUT2D eigenvalue weighted by atomic mass is 9.68. The lowest BCUT2D eigenvalue weighted by Gasteiger charge is -2.36. The van der Waals surface area contributed by atoms with Crippen molar-refractivity contribution in [3.05, 3.63) is 185 Å². The third-order valence-electron chi connectivity index (χ3n) is 12.1. The highest BCUT2D eigenvalue weighted by Crippen LogP contribution is 2.48. The van der Waals surface area contributed by atoms with Gasteiger partial charge in [0.2, 0.25) is 0 Å². The second-order valence-electron chi connectivity index (χ2n) is 15.6. The van der Waals surface area contributed by atoms with Crippen LogP contribution in [-0.4, -0.2) is 30.5 Å². The summed E-state index contributed by atoms with van der Waals surface area (Å²) in [7, 11) is 0. The molecule has 0 radical (unpaired) electrons. The van der Waals surface area contributed by atoms with Gasteiger partial charge in [0, 0.05) is 35.8 Å². The molecule has 1 heterocycles. The fourth-order valence-electron chi connectivity index (χ4n) is 9.07. The Hall–Kier alpha value is -6.90. The van der Waals surface area contributed by atoms with Crippen LogP contribution in [0.15, 0.2) is 151 Å². The van der Waals surface area contributed by atoms with E-state index >= 15 is 0 Å². The number of rotatable bonds is 9. The van der Waals surface area contributed by atoms with Crippen LogP contribution in [0.2, 0.25) is 0 Å². The summed E-state index contributed by atoms with van der Waals surface area (Å²) in [5, 5.41) is 6.15. The lowest BCUT2D eigenvalue weighted by Crippen LogP contribution is -2.28. The van der Waals surface area contributed by atoms with Gasteiger partial charge in [0.05, 0.1) is 29.8 Å². The summed E-state index contributed by atoms with van der Waals surface area (Å²) in [4.78, 5) is 45.1. The van der Waals surface area contributed by atoms with E-state index in [9.17, 15) is 14.4 Å². The van der Waals surface area contributed by atoms with Crippen molar-refractivity contribution < 1.29 is 19.1 Å². The van der Waals surface area contributed by atoms with Gasteiger partial charge < -0.3 is 21.1 Å². The maximum atomic E-state index is 14.5. The van der Waals surface area contributed by atoms with Gasteiger partial charge in [-0.2, -0.15) is 0 Å². The zero-order chi connectivity index (χ0) is 42.3. The van der Waals surface area contributed by atoms with Crippen molar-refractivity contribution in [2.45, 2.75) is 57.9 Å². The molecule has 0 spiro atoms. The summed E-state index contributed by atoms with van der Waals surface area (Å²) < 4.78 is 5.42. The smallest absolute Gasteiger partial charge is 0.309 e. The van der Waals surface area contributed by atoms with Crippen molar-refractivity contribution in [1.29, 1.82) is 0 Å². The first-order valence-electron chi connectivity index (χ1n) is 21.1. The fourth-order valence-corrected chi connectivity index (χ4v) is 9.07. The number of nitrogens with zero attached hydrogens (tertiary/aromatic N) is 1. The number of allylic oxidation sites excluding steroid dienone is 1. The topological polar surface area (TPSA) is 123 Å². The standard InChI is InChI=1S/C44H42N2O4.C9H8N2/c1-3-50-44(49)27(2)32-17-10-18-37-36(32)23-24-38-33-13-6-4-11-29(33)25-40(41(37)38)42(47)28-19-21-31(22-20-28)46-43(48)39-16-9-8-15-35(39)34-14-7-5-12-30(34)26-45;1-2-5-9-8(4-1)10-6-3-7-11-9/h4-9,11-16,19-24,27,32,40H,3,10,17-18,25-26,45H2,1-2H3,(H,46,48);1-7,10H. The number of Topliss-reactive ketones (excluding diaryl/α,β-unsaturated/α-hetero) is 1. The molecule has 0 saturated heterocycles. The van der Waals surface area contributed by atoms with Gasteiger partial charge in [0.1, 0.15) is 0 Å². The van der Waals surface area contributed by atoms with Gasteiger partial charge in [-0.1, -0.05) is 97.9 Å². The van der Waals surface area contributed by atoms with Crippen LogP contribution in [0.1, 0.15) is 87.1 Å². The Bertz CT molecular complexity index is 2650.